The van der Waals surface area contributed by atoms with Crippen LogP contribution in [-0.4, -0.2) is 35.0 Å². The molecular formula is C24H24N4O. The zero-order chi connectivity index (χ0) is 20.0. The molecule has 1 saturated carbocycles. The van der Waals surface area contributed by atoms with Crippen molar-refractivity contribution in [2.24, 2.45) is 0 Å². The summed E-state index contributed by atoms with van der Waals surface area (Å²) in [4.78, 5) is 26.4. The first-order valence-electron chi connectivity index (χ1n) is 10.3. The second-order valence-electron chi connectivity index (χ2n) is 7.79. The molecule has 1 amide bonds. The first kappa shape index (κ1) is 17.9. The van der Waals surface area contributed by atoms with Crippen molar-refractivity contribution in [1.82, 2.24) is 9.97 Å². The lowest BCUT2D eigenvalue weighted by Gasteiger charge is -2.41. The van der Waals surface area contributed by atoms with E-state index in [9.17, 15) is 4.79 Å². The average molecular weight is 384 g/mol. The predicted octanol–water partition coefficient (Wildman–Crippen LogP) is 4.53. The molecule has 1 aliphatic carbocycles. The Hall–Kier alpha value is -3.21. The van der Waals surface area contributed by atoms with Crippen molar-refractivity contribution >= 4 is 17.4 Å². The number of aromatic nitrogens is 2. The summed E-state index contributed by atoms with van der Waals surface area (Å²) < 4.78 is 0. The lowest BCUT2D eigenvalue weighted by Crippen LogP contribution is -2.53. The highest BCUT2D eigenvalue weighted by atomic mass is 16.2. The lowest BCUT2D eigenvalue weighted by molar-refractivity contribution is -0.120. The molecule has 3 aromatic rings. The second kappa shape index (κ2) is 6.99. The molecule has 1 aromatic carbocycles. The number of fused-ring (bicyclic) bond motifs is 1. The molecule has 1 fully saturated rings. The van der Waals surface area contributed by atoms with Crippen LogP contribution in [0.4, 0.5) is 11.5 Å². The third-order valence-corrected chi connectivity index (χ3v) is 5.92. The van der Waals surface area contributed by atoms with E-state index in [0.717, 1.165) is 53.2 Å². The molecule has 2 aromatic heterocycles. The third kappa shape index (κ3) is 2.97. The van der Waals surface area contributed by atoms with Gasteiger partial charge < -0.3 is 9.80 Å². The minimum Gasteiger partial charge on any atom is -0.340 e. The van der Waals surface area contributed by atoms with Gasteiger partial charge in [0.05, 0.1) is 11.4 Å². The third-order valence-electron chi connectivity index (χ3n) is 5.92. The van der Waals surface area contributed by atoms with Gasteiger partial charge in [-0.05, 0) is 43.0 Å². The molecule has 1 unspecified atom stereocenters. The highest BCUT2D eigenvalue weighted by molar-refractivity contribution is 6.05. The van der Waals surface area contributed by atoms with Gasteiger partial charge in [0.15, 0.2) is 5.82 Å². The summed E-state index contributed by atoms with van der Waals surface area (Å²) in [6, 6.07) is 16.6. The monoisotopic (exact) mass is 384 g/mol. The Morgan fingerprint density at radius 2 is 1.83 bits per heavy atom. The number of nitrogens with zero attached hydrogens (tertiary/aromatic N) is 4. The molecule has 3 heterocycles. The molecule has 0 N–H and O–H groups in total. The Morgan fingerprint density at radius 1 is 1.03 bits per heavy atom. The van der Waals surface area contributed by atoms with E-state index in [4.69, 9.17) is 4.98 Å². The van der Waals surface area contributed by atoms with Crippen LogP contribution in [0, 0.1) is 0 Å². The van der Waals surface area contributed by atoms with Gasteiger partial charge in [-0.3, -0.25) is 9.78 Å². The van der Waals surface area contributed by atoms with Crippen molar-refractivity contribution < 1.29 is 4.79 Å². The normalized spacial score (nSPS) is 18.7. The van der Waals surface area contributed by atoms with Crippen molar-refractivity contribution in [3.8, 4) is 22.4 Å². The molecule has 0 bridgehead atoms. The number of anilines is 2. The fourth-order valence-corrected chi connectivity index (χ4v) is 4.27. The van der Waals surface area contributed by atoms with Crippen molar-refractivity contribution in [1.29, 1.82) is 0 Å². The van der Waals surface area contributed by atoms with E-state index < -0.39 is 0 Å². The summed E-state index contributed by atoms with van der Waals surface area (Å²) in [6.45, 7) is 2.08. The van der Waals surface area contributed by atoms with Crippen molar-refractivity contribution in [2.45, 2.75) is 38.3 Å². The van der Waals surface area contributed by atoms with Crippen molar-refractivity contribution in [3.05, 3.63) is 60.9 Å². The maximum atomic E-state index is 12.9. The van der Waals surface area contributed by atoms with Gasteiger partial charge in [-0.15, -0.1) is 0 Å². The standard InChI is InChI=1S/C24H24N4O/c1-3-21-24(29)27(2)22-12-11-20(26-23(22)28(21)17-9-10-17)18-13-14-25-15-19(18)16-7-5-4-6-8-16/h4-8,11-15,17,21H,3,9-10H2,1-2H3. The topological polar surface area (TPSA) is 49.3 Å². The fraction of sp³-hybridized carbons (Fsp3) is 0.292. The van der Waals surface area contributed by atoms with E-state index in [0.29, 0.717) is 6.04 Å². The molecule has 146 valence electrons. The SMILES string of the molecule is CCC1C(=O)N(C)c2ccc(-c3ccncc3-c3ccccc3)nc2N1C1CC1. The van der Waals surface area contributed by atoms with E-state index >= 15 is 0 Å². The van der Waals surface area contributed by atoms with Gasteiger partial charge in [0.2, 0.25) is 5.91 Å². The van der Waals surface area contributed by atoms with Crippen LogP contribution in [0.2, 0.25) is 0 Å². The molecule has 5 rings (SSSR count). The predicted molar refractivity (Wildman–Crippen MR) is 116 cm³/mol. The van der Waals surface area contributed by atoms with Crippen LogP contribution in [0.3, 0.4) is 0 Å². The number of carbonyl (C=O) groups is 1. The minimum absolute atomic E-state index is 0.131. The molecule has 0 radical (unpaired) electrons. The lowest BCUT2D eigenvalue weighted by atomic mass is 9.99. The van der Waals surface area contributed by atoms with Crippen molar-refractivity contribution in [2.75, 3.05) is 16.8 Å². The Labute approximate surface area is 171 Å². The molecule has 0 saturated heterocycles. The van der Waals surface area contributed by atoms with Crippen LogP contribution in [0.1, 0.15) is 26.2 Å². The number of amides is 1. The van der Waals surface area contributed by atoms with E-state index in [2.05, 4.69) is 28.9 Å². The Morgan fingerprint density at radius 3 is 2.55 bits per heavy atom. The van der Waals surface area contributed by atoms with E-state index in [1.54, 1.807) is 4.90 Å². The van der Waals surface area contributed by atoms with Crippen LogP contribution in [0.25, 0.3) is 22.4 Å². The molecule has 29 heavy (non-hydrogen) atoms. The zero-order valence-electron chi connectivity index (χ0n) is 16.7. The van der Waals surface area contributed by atoms with Gasteiger partial charge in [0, 0.05) is 36.6 Å². The summed E-state index contributed by atoms with van der Waals surface area (Å²) >= 11 is 0. The quantitative estimate of drug-likeness (QED) is 0.663. The van der Waals surface area contributed by atoms with Gasteiger partial charge in [-0.2, -0.15) is 0 Å². The average Bonchev–Trinajstić information content (AvgIpc) is 3.61. The van der Waals surface area contributed by atoms with Crippen LogP contribution in [0.15, 0.2) is 60.9 Å². The molecule has 1 atom stereocenters. The number of carbonyl (C=O) groups excluding carboxylic acids is 1. The van der Waals surface area contributed by atoms with E-state index in [1.807, 2.05) is 55.8 Å². The summed E-state index contributed by atoms with van der Waals surface area (Å²) in [5.41, 5.74) is 5.04. The van der Waals surface area contributed by atoms with Crippen LogP contribution in [-0.2, 0) is 4.79 Å². The number of hydrogen-bond donors (Lipinski definition) is 0. The fourth-order valence-electron chi connectivity index (χ4n) is 4.27. The van der Waals surface area contributed by atoms with E-state index in [-0.39, 0.29) is 11.9 Å². The summed E-state index contributed by atoms with van der Waals surface area (Å²) in [5, 5.41) is 0. The van der Waals surface area contributed by atoms with Gasteiger partial charge in [0.1, 0.15) is 6.04 Å². The summed E-state index contributed by atoms with van der Waals surface area (Å²) in [7, 11) is 1.86. The van der Waals surface area contributed by atoms with Gasteiger partial charge in [-0.1, -0.05) is 37.3 Å². The molecule has 5 nitrogen and oxygen atoms in total. The van der Waals surface area contributed by atoms with E-state index in [1.165, 1.54) is 0 Å². The molecule has 5 heteroatoms. The first-order chi connectivity index (χ1) is 14.2. The number of benzene rings is 1. The molecular weight excluding hydrogens is 360 g/mol. The number of rotatable bonds is 4. The zero-order valence-corrected chi connectivity index (χ0v) is 16.7. The van der Waals surface area contributed by atoms with Crippen LogP contribution < -0.4 is 9.80 Å². The number of pyridine rings is 2. The highest BCUT2D eigenvalue weighted by Gasteiger charge is 2.43. The summed E-state index contributed by atoms with van der Waals surface area (Å²) in [6.07, 6.45) is 6.75. The number of likely N-dealkylation sites (N-methyl/N-ethyl adjacent to an activating group) is 1. The van der Waals surface area contributed by atoms with Gasteiger partial charge >= 0.3 is 0 Å². The highest BCUT2D eigenvalue weighted by Crippen LogP contribution is 2.43. The Bertz CT molecular complexity index is 1060. The Kier molecular flexibility index (Phi) is 4.31. The van der Waals surface area contributed by atoms with Crippen LogP contribution in [0.5, 0.6) is 0 Å². The minimum atomic E-state index is -0.131. The van der Waals surface area contributed by atoms with Crippen LogP contribution >= 0.6 is 0 Å². The largest absolute Gasteiger partial charge is 0.340 e. The molecule has 1 aliphatic heterocycles. The smallest absolute Gasteiger partial charge is 0.249 e. The second-order valence-corrected chi connectivity index (χ2v) is 7.79. The van der Waals surface area contributed by atoms with Gasteiger partial charge in [-0.25, -0.2) is 4.98 Å². The number of hydrogen-bond acceptors (Lipinski definition) is 4. The maximum Gasteiger partial charge on any atom is 0.249 e. The molecule has 0 spiro atoms. The van der Waals surface area contributed by atoms with Crippen molar-refractivity contribution in [3.63, 3.8) is 0 Å². The molecule has 2 aliphatic rings. The summed E-state index contributed by atoms with van der Waals surface area (Å²) in [5.74, 6) is 1.09. The van der Waals surface area contributed by atoms with Gasteiger partial charge in [0.25, 0.3) is 0 Å². The first-order valence-corrected chi connectivity index (χ1v) is 10.3. The Balaban J connectivity index is 1.66. The maximum absolute atomic E-state index is 12.9.